The Morgan fingerprint density at radius 3 is 2.56 bits per heavy atom. The summed E-state index contributed by atoms with van der Waals surface area (Å²) >= 11 is 6.52. The van der Waals surface area contributed by atoms with Gasteiger partial charge in [-0.15, -0.1) is 0 Å². The van der Waals surface area contributed by atoms with Crippen molar-refractivity contribution >= 4 is 28.4 Å². The maximum Gasteiger partial charge on any atom is 0.266 e. The van der Waals surface area contributed by atoms with Gasteiger partial charge < -0.3 is 4.90 Å². The Bertz CT molecular complexity index is 1170. The number of carbonyl (C=O) groups excluding carboxylic acids is 1. The molecule has 0 bridgehead atoms. The Hall–Kier alpha value is -2.66. The van der Waals surface area contributed by atoms with Gasteiger partial charge in [-0.2, -0.15) is 0 Å². The Kier molecular flexibility index (Phi) is 6.95. The molecule has 0 radical (unpaired) electrons. The van der Waals surface area contributed by atoms with E-state index in [0.29, 0.717) is 34.0 Å². The molecule has 0 spiro atoms. The van der Waals surface area contributed by atoms with Gasteiger partial charge in [0.15, 0.2) is 0 Å². The fourth-order valence-corrected chi connectivity index (χ4v) is 4.57. The van der Waals surface area contributed by atoms with Crippen LogP contribution in [0.5, 0.6) is 0 Å². The molecule has 1 amide bonds. The third-order valence-electron chi connectivity index (χ3n) is 6.48. The number of unbranched alkanes of at least 4 members (excludes halogenated alkanes) is 2. The van der Waals surface area contributed by atoms with E-state index in [1.54, 1.807) is 16.7 Å². The first-order chi connectivity index (χ1) is 15.5. The molecule has 3 aromatic rings. The number of hydrogen-bond donors (Lipinski definition) is 0. The van der Waals surface area contributed by atoms with Gasteiger partial charge >= 0.3 is 0 Å². The lowest BCUT2D eigenvalue weighted by molar-refractivity contribution is -0.140. The van der Waals surface area contributed by atoms with Crippen LogP contribution < -0.4 is 5.56 Å². The molecule has 2 aromatic carbocycles. The average Bonchev–Trinajstić information content (AvgIpc) is 2.76. The van der Waals surface area contributed by atoms with Gasteiger partial charge in [0.1, 0.15) is 5.82 Å². The predicted octanol–water partition coefficient (Wildman–Crippen LogP) is 5.92. The molecule has 6 heteroatoms. The highest BCUT2D eigenvalue weighted by molar-refractivity contribution is 6.32. The number of aromatic nitrogens is 2. The van der Waals surface area contributed by atoms with Crippen LogP contribution in [0.25, 0.3) is 16.6 Å². The number of rotatable bonds is 8. The zero-order valence-electron chi connectivity index (χ0n) is 18.8. The van der Waals surface area contributed by atoms with E-state index >= 15 is 0 Å². The minimum absolute atomic E-state index is 0.0834. The first-order valence-electron chi connectivity index (χ1n) is 11.6. The molecule has 1 aliphatic carbocycles. The summed E-state index contributed by atoms with van der Waals surface area (Å²) in [6.45, 7) is 4.80. The van der Waals surface area contributed by atoms with Crippen molar-refractivity contribution in [3.8, 4) is 5.69 Å². The van der Waals surface area contributed by atoms with Crippen molar-refractivity contribution in [1.29, 1.82) is 0 Å². The van der Waals surface area contributed by atoms with E-state index in [1.807, 2.05) is 48.2 Å². The minimum Gasteiger partial charge on any atom is -0.333 e. The SMILES string of the molecule is CCCCCN(C(=O)C1CCC1)C(C)c1nc2ccccc2c(=O)n1-c1ccccc1Cl. The smallest absolute Gasteiger partial charge is 0.266 e. The zero-order chi connectivity index (χ0) is 22.7. The lowest BCUT2D eigenvalue weighted by Crippen LogP contribution is -2.43. The van der Waals surface area contributed by atoms with Gasteiger partial charge in [-0.1, -0.05) is 62.1 Å². The van der Waals surface area contributed by atoms with Crippen LogP contribution in [0.2, 0.25) is 5.02 Å². The summed E-state index contributed by atoms with van der Waals surface area (Å²) in [5, 5.41) is 1.01. The topological polar surface area (TPSA) is 55.2 Å². The van der Waals surface area contributed by atoms with Gasteiger partial charge in [-0.25, -0.2) is 4.98 Å². The molecule has 1 fully saturated rings. The van der Waals surface area contributed by atoms with E-state index in [9.17, 15) is 9.59 Å². The van der Waals surface area contributed by atoms with Crippen molar-refractivity contribution in [2.24, 2.45) is 5.92 Å². The summed E-state index contributed by atoms with van der Waals surface area (Å²) in [6, 6.07) is 14.3. The molecule has 0 aliphatic heterocycles. The summed E-state index contributed by atoms with van der Waals surface area (Å²) in [4.78, 5) is 33.8. The Morgan fingerprint density at radius 2 is 1.88 bits per heavy atom. The van der Waals surface area contributed by atoms with Crippen LogP contribution in [0, 0.1) is 5.92 Å². The summed E-state index contributed by atoms with van der Waals surface area (Å²) < 4.78 is 1.59. The Labute approximate surface area is 194 Å². The van der Waals surface area contributed by atoms with Crippen molar-refractivity contribution in [2.75, 3.05) is 6.54 Å². The Balaban J connectivity index is 1.86. The van der Waals surface area contributed by atoms with Gasteiger partial charge in [-0.05, 0) is 50.5 Å². The quantitative estimate of drug-likeness (QED) is 0.399. The predicted molar refractivity (Wildman–Crippen MR) is 129 cm³/mol. The zero-order valence-corrected chi connectivity index (χ0v) is 19.5. The number of fused-ring (bicyclic) bond motifs is 1. The summed E-state index contributed by atoms with van der Waals surface area (Å²) in [7, 11) is 0. The maximum absolute atomic E-state index is 13.6. The van der Waals surface area contributed by atoms with Crippen molar-refractivity contribution in [1.82, 2.24) is 14.5 Å². The third kappa shape index (κ3) is 4.31. The Morgan fingerprint density at radius 1 is 1.16 bits per heavy atom. The van der Waals surface area contributed by atoms with E-state index in [4.69, 9.17) is 16.6 Å². The molecular weight excluding hydrogens is 422 g/mol. The van der Waals surface area contributed by atoms with E-state index < -0.39 is 0 Å². The molecule has 1 saturated carbocycles. The molecule has 5 nitrogen and oxygen atoms in total. The highest BCUT2D eigenvalue weighted by atomic mass is 35.5. The largest absolute Gasteiger partial charge is 0.333 e. The fraction of sp³-hybridized carbons (Fsp3) is 0.423. The molecule has 1 aliphatic rings. The van der Waals surface area contributed by atoms with Gasteiger partial charge in [0.05, 0.1) is 27.7 Å². The third-order valence-corrected chi connectivity index (χ3v) is 6.80. The van der Waals surface area contributed by atoms with Gasteiger partial charge in [0, 0.05) is 12.5 Å². The maximum atomic E-state index is 13.6. The molecule has 1 heterocycles. The number of halogens is 1. The lowest BCUT2D eigenvalue weighted by atomic mass is 9.84. The monoisotopic (exact) mass is 451 g/mol. The number of carbonyl (C=O) groups is 1. The average molecular weight is 452 g/mol. The number of hydrogen-bond acceptors (Lipinski definition) is 3. The lowest BCUT2D eigenvalue weighted by Gasteiger charge is -2.36. The van der Waals surface area contributed by atoms with E-state index in [0.717, 1.165) is 38.5 Å². The molecule has 32 heavy (non-hydrogen) atoms. The second kappa shape index (κ2) is 9.86. The van der Waals surface area contributed by atoms with Crippen molar-refractivity contribution in [3.05, 3.63) is 69.7 Å². The van der Waals surface area contributed by atoms with E-state index in [1.165, 1.54) is 0 Å². The molecule has 1 aromatic heterocycles. The standard InChI is InChI=1S/C26H30ClN3O2/c1-3-4-9-17-29(25(31)19-11-10-12-19)18(2)24-28-22-15-7-5-13-20(22)26(32)30(24)23-16-8-6-14-21(23)27/h5-8,13-16,18-19H,3-4,9-12,17H2,1-2H3. The van der Waals surface area contributed by atoms with Gasteiger partial charge in [0.2, 0.25) is 5.91 Å². The van der Waals surface area contributed by atoms with Crippen LogP contribution in [0.1, 0.15) is 64.2 Å². The fourth-order valence-electron chi connectivity index (χ4n) is 4.35. The number of nitrogens with zero attached hydrogens (tertiary/aromatic N) is 3. The van der Waals surface area contributed by atoms with Crippen LogP contribution in [-0.4, -0.2) is 26.9 Å². The molecule has 0 N–H and O–H groups in total. The van der Waals surface area contributed by atoms with Gasteiger partial charge in [-0.3, -0.25) is 14.2 Å². The van der Waals surface area contributed by atoms with Crippen LogP contribution in [0.4, 0.5) is 0 Å². The van der Waals surface area contributed by atoms with E-state index in [-0.39, 0.29) is 23.4 Å². The van der Waals surface area contributed by atoms with Crippen LogP contribution in [0.15, 0.2) is 53.3 Å². The van der Waals surface area contributed by atoms with Crippen LogP contribution >= 0.6 is 11.6 Å². The summed E-state index contributed by atoms with van der Waals surface area (Å²) in [6.07, 6.45) is 6.06. The molecular formula is C26H30ClN3O2. The van der Waals surface area contributed by atoms with E-state index in [2.05, 4.69) is 6.92 Å². The molecule has 0 saturated heterocycles. The van der Waals surface area contributed by atoms with Crippen molar-refractivity contribution < 1.29 is 4.79 Å². The minimum atomic E-state index is -0.353. The normalized spacial score (nSPS) is 14.8. The van der Waals surface area contributed by atoms with Crippen molar-refractivity contribution in [3.63, 3.8) is 0 Å². The molecule has 4 rings (SSSR count). The summed E-state index contributed by atoms with van der Waals surface area (Å²) in [5.74, 6) is 0.805. The second-order valence-corrected chi connectivity index (χ2v) is 9.03. The van der Waals surface area contributed by atoms with Crippen LogP contribution in [-0.2, 0) is 4.79 Å². The van der Waals surface area contributed by atoms with Crippen LogP contribution in [0.3, 0.4) is 0 Å². The first-order valence-corrected chi connectivity index (χ1v) is 12.0. The molecule has 1 unspecified atom stereocenters. The number of para-hydroxylation sites is 2. The highest BCUT2D eigenvalue weighted by Crippen LogP contribution is 2.33. The molecule has 1 atom stereocenters. The van der Waals surface area contributed by atoms with Crippen molar-refractivity contribution in [2.45, 2.75) is 58.4 Å². The highest BCUT2D eigenvalue weighted by Gasteiger charge is 2.34. The summed E-state index contributed by atoms with van der Waals surface area (Å²) in [5.41, 5.74) is 1.05. The van der Waals surface area contributed by atoms with Gasteiger partial charge in [0.25, 0.3) is 5.56 Å². The molecule has 168 valence electrons. The first kappa shape index (κ1) is 22.5. The second-order valence-electron chi connectivity index (χ2n) is 8.62. The number of amides is 1. The number of benzene rings is 2.